The van der Waals surface area contributed by atoms with Crippen molar-refractivity contribution in [2.75, 3.05) is 0 Å². The molecule has 0 spiro atoms. The van der Waals surface area contributed by atoms with Crippen LogP contribution in [0.15, 0.2) is 324 Å². The highest BCUT2D eigenvalue weighted by Crippen LogP contribution is 2.10. The predicted molar refractivity (Wildman–Crippen MR) is 437 cm³/mol. The largest absolute Gasteiger partial charge is 0.483 e. The molecule has 0 radical (unpaired) electrons. The first-order valence-electron chi connectivity index (χ1n) is 30.0. The summed E-state index contributed by atoms with van der Waals surface area (Å²) < 4.78 is 0. The van der Waals surface area contributed by atoms with Gasteiger partial charge in [-0.25, -0.2) is 0 Å². The highest BCUT2D eigenvalue weighted by atomic mass is 16.4. The molecule has 0 saturated carbocycles. The summed E-state index contributed by atoms with van der Waals surface area (Å²) in [5, 5.41) is 55.1. The van der Waals surface area contributed by atoms with E-state index in [2.05, 4.69) is 119 Å². The van der Waals surface area contributed by atoms with Crippen molar-refractivity contribution >= 4 is 125 Å². The Balaban J connectivity index is -0.000000166. The third kappa shape index (κ3) is 82.7. The zero-order valence-corrected chi connectivity index (χ0v) is 59.5. The lowest BCUT2D eigenvalue weighted by molar-refractivity contribution is -0.123. The number of nitrogens with zero attached hydrogens (tertiary/aromatic N) is 8. The molecule has 0 saturated heterocycles. The number of pyridine rings is 8. The Hall–Kier alpha value is -15.7. The fraction of sp³-hybridized carbons (Fsp3) is 0. The van der Waals surface area contributed by atoms with Gasteiger partial charge in [0.2, 0.25) is 0 Å². The Labute approximate surface area is 631 Å². The van der Waals surface area contributed by atoms with E-state index >= 15 is 0 Å². The van der Waals surface area contributed by atoms with E-state index in [1.165, 1.54) is 0 Å². The Morgan fingerprint density at radius 1 is 0.176 bits per heavy atom. The Morgan fingerprint density at radius 2 is 0.296 bits per heavy atom. The molecule has 0 aliphatic carbocycles. The number of hydrogen-bond donors (Lipinski definition) is 8. The third-order valence-corrected chi connectivity index (χ3v) is 10.4. The second-order valence-corrected chi connectivity index (χ2v) is 16.8. The van der Waals surface area contributed by atoms with Crippen LogP contribution in [0.5, 0.6) is 0 Å². The molecular weight excluding hydrogens is 1380 g/mol. The summed E-state index contributed by atoms with van der Waals surface area (Å²) in [7, 11) is 0. The topological polar surface area (TPSA) is 402 Å². The number of carbonyl (C=O) groups is 8. The van der Waals surface area contributed by atoms with Crippen LogP contribution in [0.1, 0.15) is 66.8 Å². The summed E-state index contributed by atoms with van der Waals surface area (Å²) in [6.07, 6.45) is 49.6. The molecule has 8 aromatic heterocycles. The molecule has 0 aliphatic rings. The molecule has 24 nitrogen and oxygen atoms in total. The average molecular weight is 1470 g/mol. The highest BCUT2D eigenvalue weighted by molar-refractivity contribution is 5.63. The standard InChI is InChI=1S/2C10H10.8C7H7N.8CH2O2/c1-3-9-6-5-7-10(4-2)8-9;1-3-9-7-5-6-8-10(9)4-2;8*1-2-7-3-5-8-6-4-7;8*2-1-3/h2*3-8H,1-2H2;8*2-6H,1H2;8*1H,(H,2,3). The third-order valence-electron chi connectivity index (χ3n) is 10.4. The molecule has 0 aliphatic heterocycles. The molecule has 8 N–H and O–H groups in total. The van der Waals surface area contributed by atoms with Crippen LogP contribution in [0.4, 0.5) is 0 Å². The normalized spacial score (nSPS) is 7.56. The van der Waals surface area contributed by atoms with E-state index in [1.54, 1.807) is 148 Å². The molecule has 10 aromatic rings. The van der Waals surface area contributed by atoms with Crippen LogP contribution < -0.4 is 0 Å². The first-order valence-corrected chi connectivity index (χ1v) is 30.0. The van der Waals surface area contributed by atoms with Gasteiger partial charge in [0.15, 0.2) is 0 Å². The molecule has 24 heteroatoms. The van der Waals surface area contributed by atoms with Crippen molar-refractivity contribution in [3.8, 4) is 0 Å². The molecule has 564 valence electrons. The van der Waals surface area contributed by atoms with Crippen molar-refractivity contribution in [3.63, 3.8) is 0 Å². The van der Waals surface area contributed by atoms with Crippen LogP contribution in [0.2, 0.25) is 0 Å². The van der Waals surface area contributed by atoms with E-state index in [1.807, 2.05) is 170 Å². The van der Waals surface area contributed by atoms with Gasteiger partial charge in [0.1, 0.15) is 0 Å². The fourth-order valence-corrected chi connectivity index (χ4v) is 5.69. The summed E-state index contributed by atoms with van der Waals surface area (Å²) in [5.74, 6) is 0. The van der Waals surface area contributed by atoms with Gasteiger partial charge in [-0.05, 0) is 170 Å². The molecular formula is C84H92N8O16. The van der Waals surface area contributed by atoms with E-state index in [0.717, 1.165) is 66.8 Å². The number of hydrogen-bond acceptors (Lipinski definition) is 16. The lowest BCUT2D eigenvalue weighted by Crippen LogP contribution is -1.76. The number of benzene rings is 2. The predicted octanol–water partition coefficient (Wildman–Crippen LogP) is 17.3. The van der Waals surface area contributed by atoms with Crippen molar-refractivity contribution < 1.29 is 79.2 Å². The van der Waals surface area contributed by atoms with Gasteiger partial charge >= 0.3 is 0 Å². The van der Waals surface area contributed by atoms with Crippen LogP contribution >= 0.6 is 0 Å². The Kier molecular flexibility index (Phi) is 95.7. The molecule has 0 unspecified atom stereocenters. The molecule has 0 bridgehead atoms. The molecule has 2 aromatic carbocycles. The van der Waals surface area contributed by atoms with Crippen molar-refractivity contribution in [2.45, 2.75) is 0 Å². The number of aromatic nitrogens is 8. The zero-order chi connectivity index (χ0) is 83.0. The minimum atomic E-state index is -0.250. The number of rotatable bonds is 12. The van der Waals surface area contributed by atoms with Gasteiger partial charge in [0, 0.05) is 99.1 Å². The Morgan fingerprint density at radius 3 is 0.389 bits per heavy atom. The van der Waals surface area contributed by atoms with Gasteiger partial charge < -0.3 is 40.9 Å². The maximum atomic E-state index is 8.36. The van der Waals surface area contributed by atoms with Crippen LogP contribution in [-0.2, 0) is 38.4 Å². The Bertz CT molecular complexity index is 3210. The van der Waals surface area contributed by atoms with E-state index in [-0.39, 0.29) is 51.8 Å². The first-order chi connectivity index (χ1) is 52.5. The summed E-state index contributed by atoms with van der Waals surface area (Å²) in [6, 6.07) is 46.6. The second kappa shape index (κ2) is 95.5. The summed E-state index contributed by atoms with van der Waals surface area (Å²) in [4.78, 5) is 97.7. The zero-order valence-electron chi connectivity index (χ0n) is 59.5. The fourth-order valence-electron chi connectivity index (χ4n) is 5.69. The van der Waals surface area contributed by atoms with Gasteiger partial charge in [0.25, 0.3) is 51.8 Å². The van der Waals surface area contributed by atoms with Crippen LogP contribution in [0.3, 0.4) is 0 Å². The molecule has 0 fully saturated rings. The minimum absolute atomic E-state index is 0.250. The van der Waals surface area contributed by atoms with Crippen molar-refractivity contribution in [1.82, 2.24) is 39.9 Å². The second-order valence-electron chi connectivity index (χ2n) is 16.8. The minimum Gasteiger partial charge on any atom is -0.483 e. The average Bonchev–Trinajstić information content (AvgIpc) is 0.917. The lowest BCUT2D eigenvalue weighted by Gasteiger charge is -1.96. The van der Waals surface area contributed by atoms with Crippen molar-refractivity contribution in [2.24, 2.45) is 0 Å². The monoisotopic (exact) mass is 1470 g/mol. The summed E-state index contributed by atoms with van der Waals surface area (Å²) in [5.41, 5.74) is 13.4. The van der Waals surface area contributed by atoms with E-state index in [9.17, 15) is 0 Å². The first kappa shape index (κ1) is 108. The SMILES string of the molecule is C=Cc1cccc(C=C)c1.C=Cc1ccccc1C=C.C=Cc1ccncc1.C=Cc1ccncc1.C=Cc1ccncc1.C=Cc1ccncc1.C=Cc1ccncc1.C=Cc1ccncc1.C=Cc1ccncc1.C=Cc1ccncc1.O=CO.O=CO.O=CO.O=CO.O=CO.O=CO.O=CO.O=CO. The van der Waals surface area contributed by atoms with Gasteiger partial charge in [-0.15, -0.1) is 0 Å². The van der Waals surface area contributed by atoms with Gasteiger partial charge in [-0.2, -0.15) is 0 Å². The van der Waals surface area contributed by atoms with Crippen molar-refractivity contribution in [1.29, 1.82) is 0 Å². The lowest BCUT2D eigenvalue weighted by atomic mass is 10.1. The van der Waals surface area contributed by atoms with Crippen LogP contribution in [0, 0.1) is 0 Å². The highest BCUT2D eigenvalue weighted by Gasteiger charge is 1.90. The van der Waals surface area contributed by atoms with E-state index < -0.39 is 0 Å². The summed E-state index contributed by atoms with van der Waals surface area (Å²) >= 11 is 0. The summed E-state index contributed by atoms with van der Waals surface area (Å²) in [6.45, 7) is 41.6. The molecule has 0 atom stereocenters. The molecule has 8 heterocycles. The smallest absolute Gasteiger partial charge is 0.290 e. The number of carboxylic acid groups (broad SMARTS) is 8. The molecule has 108 heavy (non-hydrogen) atoms. The molecule has 10 rings (SSSR count). The van der Waals surface area contributed by atoms with Crippen LogP contribution in [-0.4, -0.2) is 133 Å². The molecule has 0 amide bonds. The van der Waals surface area contributed by atoms with Crippen molar-refractivity contribution in [3.05, 3.63) is 390 Å². The maximum absolute atomic E-state index is 8.36. The van der Waals surface area contributed by atoms with Gasteiger partial charge in [0.05, 0.1) is 0 Å². The van der Waals surface area contributed by atoms with E-state index in [4.69, 9.17) is 79.2 Å². The quantitative estimate of drug-likeness (QED) is 0.0527. The van der Waals surface area contributed by atoms with Crippen LogP contribution in [0.25, 0.3) is 72.9 Å². The van der Waals surface area contributed by atoms with Gasteiger partial charge in [-0.1, -0.05) is 194 Å². The van der Waals surface area contributed by atoms with E-state index in [0.29, 0.717) is 0 Å². The maximum Gasteiger partial charge on any atom is 0.290 e. The van der Waals surface area contributed by atoms with Gasteiger partial charge in [-0.3, -0.25) is 78.2 Å².